The maximum absolute atomic E-state index is 14.7. The predicted molar refractivity (Wildman–Crippen MR) is 153 cm³/mol. The van der Waals surface area contributed by atoms with Gasteiger partial charge in [-0.15, -0.1) is 0 Å². The lowest BCUT2D eigenvalue weighted by molar-refractivity contribution is -0.165. The minimum Gasteiger partial charge on any atom is -0.497 e. The van der Waals surface area contributed by atoms with E-state index in [0.29, 0.717) is 5.75 Å². The van der Waals surface area contributed by atoms with Crippen LogP contribution in [0.1, 0.15) is 42.7 Å². The van der Waals surface area contributed by atoms with Gasteiger partial charge in [0.25, 0.3) is 11.8 Å². The van der Waals surface area contributed by atoms with Gasteiger partial charge in [-0.1, -0.05) is 49.2 Å². The summed E-state index contributed by atoms with van der Waals surface area (Å²) in [6.45, 7) is 1.64. The number of rotatable bonds is 13. The topological polar surface area (TPSA) is 143 Å². The van der Waals surface area contributed by atoms with Crippen molar-refractivity contribution in [3.8, 4) is 5.75 Å². The van der Waals surface area contributed by atoms with E-state index < -0.39 is 72.1 Å². The maximum atomic E-state index is 14.7. The van der Waals surface area contributed by atoms with E-state index in [4.69, 9.17) is 27.9 Å². The van der Waals surface area contributed by atoms with E-state index in [1.165, 1.54) is 70.3 Å². The molecule has 0 aromatic heterocycles. The van der Waals surface area contributed by atoms with Crippen LogP contribution in [0.15, 0.2) is 42.5 Å². The third kappa shape index (κ3) is 10.3. The van der Waals surface area contributed by atoms with Crippen LogP contribution in [0.25, 0.3) is 0 Å². The Morgan fingerprint density at radius 1 is 0.844 bits per heavy atom. The molecule has 0 radical (unpaired) electrons. The second kappa shape index (κ2) is 15.3. The van der Waals surface area contributed by atoms with Crippen LogP contribution in [0.5, 0.6) is 5.75 Å². The normalized spacial score (nSPS) is 13.7. The van der Waals surface area contributed by atoms with Crippen LogP contribution in [0, 0.1) is 5.92 Å². The van der Waals surface area contributed by atoms with Gasteiger partial charge >= 0.3 is 12.1 Å². The number of halogens is 7. The number of hydrogen-bond donors (Lipinski definition) is 4. The zero-order valence-corrected chi connectivity index (χ0v) is 25.7. The number of hydrogen-bond acceptors (Lipinski definition) is 6. The predicted octanol–water partition coefficient (Wildman–Crippen LogP) is 4.00. The molecule has 0 heterocycles. The van der Waals surface area contributed by atoms with Gasteiger partial charge in [0.1, 0.15) is 24.4 Å². The molecule has 0 aliphatic rings. The SMILES string of the molecule is COc1ccc(C(NC(=O)C(C)NC(=O)c2cc(Cl)ccc2Cl)C(=O)N[C@H](C(=O)C(F)(F)C(=O)NCC(F)(F)F)C(C)C)cc1. The van der Waals surface area contributed by atoms with Crippen LogP contribution in [0.4, 0.5) is 22.0 Å². The Balaban J connectivity index is 2.33. The van der Waals surface area contributed by atoms with Crippen LogP contribution in [-0.4, -0.2) is 67.2 Å². The van der Waals surface area contributed by atoms with Crippen molar-refractivity contribution < 1.29 is 50.7 Å². The number of benzene rings is 2. The van der Waals surface area contributed by atoms with Gasteiger partial charge in [-0.3, -0.25) is 24.0 Å². The molecule has 246 valence electrons. The summed E-state index contributed by atoms with van der Waals surface area (Å²) in [5.74, 6) is -13.3. The van der Waals surface area contributed by atoms with Crippen molar-refractivity contribution in [3.63, 3.8) is 0 Å². The van der Waals surface area contributed by atoms with Crippen LogP contribution in [0.2, 0.25) is 10.0 Å². The molecule has 10 nitrogen and oxygen atoms in total. The Morgan fingerprint density at radius 2 is 1.44 bits per heavy atom. The molecule has 3 atom stereocenters. The number of amides is 4. The Kier molecular flexibility index (Phi) is 12.7. The third-order valence-corrected chi connectivity index (χ3v) is 6.77. The molecular formula is C28H29Cl2F5N4O6. The average Bonchev–Trinajstić information content (AvgIpc) is 2.97. The number of ether oxygens (including phenoxy) is 1. The fourth-order valence-corrected chi connectivity index (χ4v) is 4.12. The molecular weight excluding hydrogens is 654 g/mol. The van der Waals surface area contributed by atoms with Crippen molar-refractivity contribution in [2.24, 2.45) is 5.92 Å². The van der Waals surface area contributed by atoms with Crippen LogP contribution in [0.3, 0.4) is 0 Å². The summed E-state index contributed by atoms with van der Waals surface area (Å²) in [6, 6.07) is 4.57. The van der Waals surface area contributed by atoms with Crippen molar-refractivity contribution >= 4 is 52.6 Å². The van der Waals surface area contributed by atoms with Gasteiger partial charge in [-0.05, 0) is 48.7 Å². The molecule has 0 saturated heterocycles. The summed E-state index contributed by atoms with van der Waals surface area (Å²) < 4.78 is 71.7. The number of Topliss-reactive ketones (excluding diaryl/α,β-unsaturated/α-hetero) is 1. The number of methoxy groups -OCH3 is 1. The first-order chi connectivity index (χ1) is 20.8. The first-order valence-corrected chi connectivity index (χ1v) is 13.8. The van der Waals surface area contributed by atoms with Crippen molar-refractivity contribution in [2.45, 2.75) is 51.0 Å². The molecule has 2 aromatic carbocycles. The van der Waals surface area contributed by atoms with Gasteiger partial charge < -0.3 is 26.0 Å². The van der Waals surface area contributed by atoms with Gasteiger partial charge in [0.15, 0.2) is 0 Å². The zero-order valence-electron chi connectivity index (χ0n) is 24.2. The number of carbonyl (C=O) groups is 5. The van der Waals surface area contributed by atoms with Gasteiger partial charge in [0.05, 0.1) is 23.7 Å². The van der Waals surface area contributed by atoms with Gasteiger partial charge in [0, 0.05) is 5.02 Å². The van der Waals surface area contributed by atoms with Gasteiger partial charge in [0.2, 0.25) is 17.6 Å². The highest BCUT2D eigenvalue weighted by Gasteiger charge is 2.52. The standard InChI is InChI=1S/C28H29Cl2F5N4O6/c1-13(2)20(22(40)28(34,35)26(44)36-12-27(31,32)33)38-25(43)21(15-5-8-17(45-4)9-6-15)39-23(41)14(3)37-24(42)18-11-16(29)7-10-19(18)30/h5-11,13-14,20-21H,12H2,1-4H3,(H,36,44)(H,37,42)(H,38,43)(H,39,41)/t14?,20-,21?/m0/s1. The van der Waals surface area contributed by atoms with E-state index in [2.05, 4.69) is 16.0 Å². The fraction of sp³-hybridized carbons (Fsp3) is 0.393. The Labute approximate surface area is 264 Å². The van der Waals surface area contributed by atoms with E-state index in [1.807, 2.05) is 0 Å². The number of nitrogens with one attached hydrogen (secondary N) is 4. The zero-order chi connectivity index (χ0) is 34.3. The van der Waals surface area contributed by atoms with Crippen LogP contribution in [-0.2, 0) is 19.2 Å². The first kappa shape index (κ1) is 37.2. The average molecular weight is 683 g/mol. The summed E-state index contributed by atoms with van der Waals surface area (Å²) >= 11 is 11.9. The second-order valence-electron chi connectivity index (χ2n) is 10.0. The Bertz CT molecular complexity index is 1420. The molecule has 0 fully saturated rings. The molecule has 2 rings (SSSR count). The molecule has 4 N–H and O–H groups in total. The summed E-state index contributed by atoms with van der Waals surface area (Å²) in [7, 11) is 1.36. The largest absolute Gasteiger partial charge is 0.497 e. The minimum atomic E-state index is -5.03. The van der Waals surface area contributed by atoms with E-state index in [1.54, 1.807) is 0 Å². The van der Waals surface area contributed by atoms with Crippen LogP contribution < -0.4 is 26.0 Å². The van der Waals surface area contributed by atoms with Crippen molar-refractivity contribution in [2.75, 3.05) is 13.7 Å². The fourth-order valence-electron chi connectivity index (χ4n) is 3.75. The first-order valence-electron chi connectivity index (χ1n) is 13.1. The molecule has 0 aliphatic carbocycles. The van der Waals surface area contributed by atoms with Crippen molar-refractivity contribution in [1.82, 2.24) is 21.3 Å². The molecule has 0 bridgehead atoms. The van der Waals surface area contributed by atoms with Gasteiger partial charge in [-0.2, -0.15) is 22.0 Å². The summed E-state index contributed by atoms with van der Waals surface area (Å²) in [5, 5.41) is 8.00. The molecule has 0 aliphatic heterocycles. The lowest BCUT2D eigenvalue weighted by Gasteiger charge is -2.28. The molecule has 17 heteroatoms. The molecule has 0 spiro atoms. The highest BCUT2D eigenvalue weighted by molar-refractivity contribution is 6.35. The Hall–Kier alpha value is -3.98. The quantitative estimate of drug-likeness (QED) is 0.186. The van der Waals surface area contributed by atoms with Gasteiger partial charge in [-0.25, -0.2) is 0 Å². The summed E-state index contributed by atoms with van der Waals surface area (Å²) in [6.07, 6.45) is -5.03. The van der Waals surface area contributed by atoms with E-state index in [-0.39, 0.29) is 21.2 Å². The molecule has 45 heavy (non-hydrogen) atoms. The Morgan fingerprint density at radius 3 is 1.98 bits per heavy atom. The lowest BCUT2D eigenvalue weighted by Crippen LogP contribution is -2.58. The van der Waals surface area contributed by atoms with E-state index in [9.17, 15) is 45.9 Å². The van der Waals surface area contributed by atoms with Crippen LogP contribution >= 0.6 is 23.2 Å². The lowest BCUT2D eigenvalue weighted by atomic mass is 9.94. The monoisotopic (exact) mass is 682 g/mol. The summed E-state index contributed by atoms with van der Waals surface area (Å²) in [4.78, 5) is 63.8. The molecule has 2 unspecified atom stereocenters. The number of carbonyl (C=O) groups excluding carboxylic acids is 5. The number of ketones is 1. The maximum Gasteiger partial charge on any atom is 0.405 e. The highest BCUT2D eigenvalue weighted by atomic mass is 35.5. The molecule has 4 amide bonds. The summed E-state index contributed by atoms with van der Waals surface area (Å²) in [5.41, 5.74) is 0.0365. The van der Waals surface area contributed by atoms with Crippen molar-refractivity contribution in [3.05, 3.63) is 63.6 Å². The molecule has 2 aromatic rings. The number of alkyl halides is 5. The molecule has 0 saturated carbocycles. The second-order valence-corrected chi connectivity index (χ2v) is 10.8. The highest BCUT2D eigenvalue weighted by Crippen LogP contribution is 2.24. The van der Waals surface area contributed by atoms with E-state index in [0.717, 1.165) is 5.32 Å². The smallest absolute Gasteiger partial charge is 0.405 e. The van der Waals surface area contributed by atoms with E-state index >= 15 is 0 Å². The third-order valence-electron chi connectivity index (χ3n) is 6.20. The minimum absolute atomic E-state index is 0.0354. The van der Waals surface area contributed by atoms with Crippen molar-refractivity contribution in [1.29, 1.82) is 0 Å².